The molecule has 1 atom stereocenters. The molecule has 0 fully saturated rings. The maximum Gasteiger partial charge on any atom is 0.188 e. The fraction of sp³-hybridized carbons (Fsp3) is 0.381. The molecule has 2 heterocycles. The van der Waals surface area contributed by atoms with Crippen LogP contribution in [0.5, 0.6) is 5.75 Å². The zero-order valence-corrected chi connectivity index (χ0v) is 17.4. The standard InChI is InChI=1S/C21H26N2O4S/c1-16(26-15-17-8-6-5-7-9-17)14-27-18-12-20-22-10-11-23(20)13-19(18)28(24,25)21(2,3)4/h5-13,16H,14-15H2,1-4H3/t16-/m1/s1. The number of fused-ring (bicyclic) bond motifs is 1. The van der Waals surface area contributed by atoms with Gasteiger partial charge in [0.05, 0.1) is 17.5 Å². The predicted octanol–water partition coefficient (Wildman–Crippen LogP) is 3.89. The van der Waals surface area contributed by atoms with Gasteiger partial charge in [0.2, 0.25) is 0 Å². The summed E-state index contributed by atoms with van der Waals surface area (Å²) in [7, 11) is -3.59. The SMILES string of the molecule is C[C@H](COc1cc2nccn2cc1S(=O)(=O)C(C)(C)C)OCc1ccccc1. The fourth-order valence-corrected chi connectivity index (χ4v) is 3.93. The normalized spacial score (nSPS) is 13.6. The van der Waals surface area contributed by atoms with Crippen molar-refractivity contribution in [3.8, 4) is 5.75 Å². The molecule has 0 saturated heterocycles. The number of aromatic nitrogens is 2. The van der Waals surface area contributed by atoms with E-state index in [1.54, 1.807) is 49.8 Å². The summed E-state index contributed by atoms with van der Waals surface area (Å²) in [5.41, 5.74) is 1.70. The molecule has 0 N–H and O–H groups in total. The van der Waals surface area contributed by atoms with E-state index in [0.717, 1.165) is 5.56 Å². The Bertz CT molecular complexity index is 1040. The van der Waals surface area contributed by atoms with Crippen LogP contribution in [0.4, 0.5) is 0 Å². The van der Waals surface area contributed by atoms with Crippen molar-refractivity contribution >= 4 is 15.5 Å². The first-order valence-corrected chi connectivity index (χ1v) is 10.7. The van der Waals surface area contributed by atoms with Crippen LogP contribution in [0.3, 0.4) is 0 Å². The van der Waals surface area contributed by atoms with Crippen LogP contribution in [0.15, 0.2) is 59.9 Å². The first-order chi connectivity index (χ1) is 13.2. The van der Waals surface area contributed by atoms with E-state index >= 15 is 0 Å². The monoisotopic (exact) mass is 402 g/mol. The van der Waals surface area contributed by atoms with Gasteiger partial charge in [0.15, 0.2) is 9.84 Å². The number of sulfone groups is 1. The summed E-state index contributed by atoms with van der Waals surface area (Å²) < 4.78 is 38.5. The van der Waals surface area contributed by atoms with E-state index in [4.69, 9.17) is 9.47 Å². The lowest BCUT2D eigenvalue weighted by Gasteiger charge is -2.22. The van der Waals surface area contributed by atoms with Gasteiger partial charge in [-0.25, -0.2) is 13.4 Å². The third kappa shape index (κ3) is 4.36. The van der Waals surface area contributed by atoms with Crippen molar-refractivity contribution in [3.05, 3.63) is 60.6 Å². The highest BCUT2D eigenvalue weighted by molar-refractivity contribution is 7.92. The third-order valence-corrected chi connectivity index (χ3v) is 6.90. The van der Waals surface area contributed by atoms with Crippen molar-refractivity contribution in [2.75, 3.05) is 6.61 Å². The third-order valence-electron chi connectivity index (χ3n) is 4.40. The van der Waals surface area contributed by atoms with Gasteiger partial charge in [-0.2, -0.15) is 0 Å². The summed E-state index contributed by atoms with van der Waals surface area (Å²) >= 11 is 0. The minimum absolute atomic E-state index is 0.153. The smallest absolute Gasteiger partial charge is 0.188 e. The molecule has 0 radical (unpaired) electrons. The number of imidazole rings is 1. The highest BCUT2D eigenvalue weighted by Gasteiger charge is 2.34. The second kappa shape index (κ2) is 7.93. The van der Waals surface area contributed by atoms with Crippen LogP contribution in [0, 0.1) is 0 Å². The Morgan fingerprint density at radius 1 is 1.18 bits per heavy atom. The molecule has 0 unspecified atom stereocenters. The van der Waals surface area contributed by atoms with E-state index in [9.17, 15) is 8.42 Å². The molecular weight excluding hydrogens is 376 g/mol. The van der Waals surface area contributed by atoms with Gasteiger partial charge in [0.25, 0.3) is 0 Å². The molecule has 0 amide bonds. The number of nitrogens with zero attached hydrogens (tertiary/aromatic N) is 2. The van der Waals surface area contributed by atoms with Gasteiger partial charge >= 0.3 is 0 Å². The Balaban J connectivity index is 1.79. The number of ether oxygens (including phenoxy) is 2. The summed E-state index contributed by atoms with van der Waals surface area (Å²) in [6.45, 7) is 7.63. The van der Waals surface area contributed by atoms with Crippen molar-refractivity contribution in [2.24, 2.45) is 0 Å². The van der Waals surface area contributed by atoms with Crippen molar-refractivity contribution in [3.63, 3.8) is 0 Å². The molecule has 0 spiro atoms. The average Bonchev–Trinajstić information content (AvgIpc) is 3.11. The van der Waals surface area contributed by atoms with Crippen molar-refractivity contribution in [1.29, 1.82) is 0 Å². The molecule has 0 aliphatic rings. The van der Waals surface area contributed by atoms with Gasteiger partial charge in [-0.15, -0.1) is 0 Å². The Morgan fingerprint density at radius 3 is 2.57 bits per heavy atom. The van der Waals surface area contributed by atoms with Gasteiger partial charge in [-0.05, 0) is 33.3 Å². The highest BCUT2D eigenvalue weighted by atomic mass is 32.2. The van der Waals surface area contributed by atoms with E-state index in [1.165, 1.54) is 0 Å². The fourth-order valence-electron chi connectivity index (χ4n) is 2.64. The summed E-state index contributed by atoms with van der Waals surface area (Å²) in [5, 5.41) is 0. The predicted molar refractivity (Wildman–Crippen MR) is 108 cm³/mol. The second-order valence-electron chi connectivity index (χ2n) is 7.73. The van der Waals surface area contributed by atoms with Crippen LogP contribution in [0.25, 0.3) is 5.65 Å². The number of hydrogen-bond acceptors (Lipinski definition) is 5. The maximum absolute atomic E-state index is 13.1. The van der Waals surface area contributed by atoms with Gasteiger partial charge in [-0.3, -0.25) is 0 Å². The van der Waals surface area contributed by atoms with Crippen LogP contribution < -0.4 is 4.74 Å². The maximum atomic E-state index is 13.1. The molecular formula is C21H26N2O4S. The van der Waals surface area contributed by atoms with E-state index < -0.39 is 14.6 Å². The molecule has 0 aliphatic carbocycles. The molecule has 0 saturated carbocycles. The Morgan fingerprint density at radius 2 is 1.89 bits per heavy atom. The van der Waals surface area contributed by atoms with Crippen molar-refractivity contribution < 1.29 is 17.9 Å². The van der Waals surface area contributed by atoms with Gasteiger partial charge in [0.1, 0.15) is 22.9 Å². The van der Waals surface area contributed by atoms with E-state index in [0.29, 0.717) is 18.0 Å². The summed E-state index contributed by atoms with van der Waals surface area (Å²) in [5.74, 6) is 0.295. The number of rotatable bonds is 7. The Kier molecular flexibility index (Phi) is 5.76. The zero-order chi connectivity index (χ0) is 20.4. The van der Waals surface area contributed by atoms with Crippen molar-refractivity contribution in [1.82, 2.24) is 9.38 Å². The average molecular weight is 403 g/mol. The van der Waals surface area contributed by atoms with E-state index in [1.807, 2.05) is 37.3 Å². The van der Waals surface area contributed by atoms with E-state index in [2.05, 4.69) is 4.98 Å². The number of hydrogen-bond donors (Lipinski definition) is 0. The van der Waals surface area contributed by atoms with Crippen LogP contribution in [0.2, 0.25) is 0 Å². The van der Waals surface area contributed by atoms with Crippen LogP contribution >= 0.6 is 0 Å². The molecule has 150 valence electrons. The summed E-state index contributed by atoms with van der Waals surface area (Å²) in [6.07, 6.45) is 4.69. The number of pyridine rings is 1. The zero-order valence-electron chi connectivity index (χ0n) is 16.6. The largest absolute Gasteiger partial charge is 0.489 e. The second-order valence-corrected chi connectivity index (χ2v) is 10.4. The molecule has 0 aliphatic heterocycles. The first kappa shape index (κ1) is 20.4. The Hall–Kier alpha value is -2.38. The van der Waals surface area contributed by atoms with Gasteiger partial charge in [0, 0.05) is 24.7 Å². The topological polar surface area (TPSA) is 69.9 Å². The van der Waals surface area contributed by atoms with Crippen LogP contribution in [-0.2, 0) is 21.2 Å². The minimum Gasteiger partial charge on any atom is -0.489 e. The minimum atomic E-state index is -3.59. The molecule has 28 heavy (non-hydrogen) atoms. The lowest BCUT2D eigenvalue weighted by Crippen LogP contribution is -2.29. The van der Waals surface area contributed by atoms with Crippen molar-refractivity contribution in [2.45, 2.75) is 50.0 Å². The molecule has 0 bridgehead atoms. The van der Waals surface area contributed by atoms with Gasteiger partial charge < -0.3 is 13.9 Å². The molecule has 3 rings (SSSR count). The summed E-state index contributed by atoms with van der Waals surface area (Å²) in [4.78, 5) is 4.38. The van der Waals surface area contributed by atoms with Crippen LogP contribution in [-0.4, -0.2) is 35.3 Å². The molecule has 3 aromatic rings. The summed E-state index contributed by atoms with van der Waals surface area (Å²) in [6, 6.07) is 11.5. The lowest BCUT2D eigenvalue weighted by atomic mass is 10.2. The quantitative estimate of drug-likeness (QED) is 0.600. The number of benzene rings is 1. The first-order valence-electron chi connectivity index (χ1n) is 9.18. The van der Waals surface area contributed by atoms with Gasteiger partial charge in [-0.1, -0.05) is 30.3 Å². The molecule has 7 heteroatoms. The van der Waals surface area contributed by atoms with Crippen LogP contribution in [0.1, 0.15) is 33.3 Å². The van der Waals surface area contributed by atoms with E-state index in [-0.39, 0.29) is 17.6 Å². The Labute approximate surface area is 166 Å². The molecule has 1 aromatic carbocycles. The highest BCUT2D eigenvalue weighted by Crippen LogP contribution is 2.33. The molecule has 2 aromatic heterocycles. The lowest BCUT2D eigenvalue weighted by molar-refractivity contribution is 0.0207. The molecule has 6 nitrogen and oxygen atoms in total.